The van der Waals surface area contributed by atoms with Gasteiger partial charge in [0.1, 0.15) is 0 Å². The zero-order valence-corrected chi connectivity index (χ0v) is 19.7. The van der Waals surface area contributed by atoms with Crippen molar-refractivity contribution in [3.05, 3.63) is 131 Å². The molecule has 4 rings (SSSR count). The molecule has 0 aromatic heterocycles. The van der Waals surface area contributed by atoms with Gasteiger partial charge in [-0.15, -0.1) is 0 Å². The average molecular weight is 606 g/mol. The van der Waals surface area contributed by atoms with Gasteiger partial charge in [-0.1, -0.05) is 0 Å². The van der Waals surface area contributed by atoms with E-state index in [1.807, 2.05) is 0 Å². The van der Waals surface area contributed by atoms with Crippen LogP contribution in [0, 0.1) is 20.2 Å². The normalized spacial score (nSPS) is 11.4. The van der Waals surface area contributed by atoms with Crippen LogP contribution < -0.4 is 15.9 Å². The summed E-state index contributed by atoms with van der Waals surface area (Å²) in [6.45, 7) is 0. The Hall–Kier alpha value is -2.99. The van der Waals surface area contributed by atoms with Crippen LogP contribution in [-0.4, -0.2) is 4.92 Å². The van der Waals surface area contributed by atoms with E-state index in [9.17, 15) is 10.1 Å². The summed E-state index contributed by atoms with van der Waals surface area (Å²) in [5, 5.41) is 12.7. The number of hydrogen-bond donors (Lipinski definition) is 0. The van der Waals surface area contributed by atoms with Crippen molar-refractivity contribution in [2.75, 3.05) is 0 Å². The van der Waals surface area contributed by atoms with E-state index in [-0.39, 0.29) is 10.6 Å². The minimum absolute atomic E-state index is 0.0840. The molecule has 4 aromatic rings. The Morgan fingerprint density at radius 2 is 1.06 bits per heavy atom. The maximum absolute atomic E-state index is 10.9. The van der Waals surface area contributed by atoms with E-state index in [4.69, 9.17) is 0 Å². The minimum atomic E-state index is -2.29. The quantitative estimate of drug-likeness (QED) is 0.109. The van der Waals surface area contributed by atoms with Gasteiger partial charge in [-0.05, 0) is 0 Å². The van der Waals surface area contributed by atoms with Gasteiger partial charge in [0, 0.05) is 0 Å². The molecule has 0 fully saturated rings. The van der Waals surface area contributed by atoms with Gasteiger partial charge >= 0.3 is 192 Å². The molecule has 0 radical (unpaired) electrons. The predicted molar refractivity (Wildman–Crippen MR) is 127 cm³/mol. The van der Waals surface area contributed by atoms with E-state index in [1.165, 1.54) is 28.0 Å². The van der Waals surface area contributed by atoms with E-state index in [0.717, 1.165) is 5.56 Å². The van der Waals surface area contributed by atoms with E-state index in [0.29, 0.717) is 0 Å². The van der Waals surface area contributed by atoms with Gasteiger partial charge in [-0.3, -0.25) is 0 Å². The second-order valence-corrected chi connectivity index (χ2v) is 16.9. The fourth-order valence-electron chi connectivity index (χ4n) is 3.38. The zero-order valence-electron chi connectivity index (χ0n) is 16.5. The number of nitro benzene ring substituents is 1. The Bertz CT molecular complexity index is 1120. The summed E-state index contributed by atoms with van der Waals surface area (Å²) >= 11 is -0.418. The third kappa shape index (κ3) is 4.69. The first kappa shape index (κ1) is 21.3. The van der Waals surface area contributed by atoms with Crippen molar-refractivity contribution < 1.29 is 24.2 Å². The molecular formula is C26H20AuNO2P. The summed E-state index contributed by atoms with van der Waals surface area (Å²) in [6, 6.07) is 38.7. The van der Waals surface area contributed by atoms with Crippen LogP contribution in [0.1, 0.15) is 5.56 Å². The van der Waals surface area contributed by atoms with Crippen molar-refractivity contribution >= 4 is 26.8 Å². The summed E-state index contributed by atoms with van der Waals surface area (Å²) in [5.74, 6) is 3.28. The van der Waals surface area contributed by atoms with Crippen LogP contribution in [0.3, 0.4) is 0 Å². The number of nitrogens with zero attached hydrogens (tertiary/aromatic N) is 1. The molecule has 0 aliphatic rings. The van der Waals surface area contributed by atoms with Crippen LogP contribution in [0.5, 0.6) is 0 Å². The predicted octanol–water partition coefficient (Wildman–Crippen LogP) is 4.63. The maximum atomic E-state index is 10.9. The Labute approximate surface area is 191 Å². The van der Waals surface area contributed by atoms with Gasteiger partial charge in [0.15, 0.2) is 0 Å². The SMILES string of the molecule is O=[N+]([O-])c1ccc(C#[C][Au][PH](c2ccccc2)(c2ccccc2)c2ccccc2)cc1. The molecule has 0 amide bonds. The van der Waals surface area contributed by atoms with Crippen molar-refractivity contribution in [1.82, 2.24) is 0 Å². The standard InChI is InChI=1S/C18H15P.C8H4NO2.Au/c1-4-10-16(11-5-1)19(17-12-6-2-7-13-17)18-14-8-3-9-15-18;1-2-7-3-5-8(6-4-7)9(10)11;/h1-15H;3-6H;/q;;-1/p+1. The van der Waals surface area contributed by atoms with Gasteiger partial charge < -0.3 is 0 Å². The Balaban J connectivity index is 1.82. The van der Waals surface area contributed by atoms with Crippen LogP contribution in [-0.2, 0) is 19.2 Å². The summed E-state index contributed by atoms with van der Waals surface area (Å²) in [5.41, 5.74) is 0.889. The summed E-state index contributed by atoms with van der Waals surface area (Å²) in [6.07, 6.45) is 0. The van der Waals surface area contributed by atoms with Crippen molar-refractivity contribution in [2.45, 2.75) is 0 Å². The van der Waals surface area contributed by atoms with Gasteiger partial charge in [-0.2, -0.15) is 0 Å². The van der Waals surface area contributed by atoms with E-state index in [1.54, 1.807) is 12.1 Å². The number of benzene rings is 4. The molecule has 5 heteroatoms. The first-order chi connectivity index (χ1) is 15.2. The topological polar surface area (TPSA) is 43.1 Å². The second-order valence-electron chi connectivity index (χ2n) is 6.78. The molecule has 0 saturated carbocycles. The van der Waals surface area contributed by atoms with Gasteiger partial charge in [0.05, 0.1) is 0 Å². The Morgan fingerprint density at radius 3 is 1.45 bits per heavy atom. The fourth-order valence-corrected chi connectivity index (χ4v) is 14.7. The molecule has 0 N–H and O–H groups in total. The summed E-state index contributed by atoms with van der Waals surface area (Å²) < 4.78 is 3.53. The first-order valence-electron chi connectivity index (χ1n) is 9.69. The molecule has 0 aliphatic heterocycles. The molecule has 0 atom stereocenters. The number of nitro groups is 1. The molecule has 4 aromatic carbocycles. The van der Waals surface area contributed by atoms with Crippen LogP contribution in [0.15, 0.2) is 115 Å². The molecule has 0 aliphatic carbocycles. The molecule has 0 heterocycles. The molecule has 0 saturated heterocycles. The summed E-state index contributed by atoms with van der Waals surface area (Å²) in [7, 11) is 0. The fraction of sp³-hybridized carbons (Fsp3) is 0. The van der Waals surface area contributed by atoms with Crippen molar-refractivity contribution in [3.8, 4) is 10.1 Å². The molecular weight excluding hydrogens is 586 g/mol. The number of hydrogen-bond acceptors (Lipinski definition) is 2. The van der Waals surface area contributed by atoms with E-state index >= 15 is 0 Å². The zero-order chi connectivity index (χ0) is 21.5. The van der Waals surface area contributed by atoms with Gasteiger partial charge in [-0.25, -0.2) is 0 Å². The molecule has 0 unspecified atom stereocenters. The molecule has 0 bridgehead atoms. The van der Waals surface area contributed by atoms with Gasteiger partial charge in [0.25, 0.3) is 0 Å². The Kier molecular flexibility index (Phi) is 6.77. The van der Waals surface area contributed by atoms with E-state index in [2.05, 4.69) is 101 Å². The monoisotopic (exact) mass is 606 g/mol. The van der Waals surface area contributed by atoms with Crippen molar-refractivity contribution in [1.29, 1.82) is 0 Å². The molecule has 0 spiro atoms. The first-order valence-corrected chi connectivity index (χ1v) is 15.8. The van der Waals surface area contributed by atoms with Crippen molar-refractivity contribution in [3.63, 3.8) is 0 Å². The second kappa shape index (κ2) is 9.88. The van der Waals surface area contributed by atoms with Crippen LogP contribution in [0.25, 0.3) is 0 Å². The number of rotatable bonds is 5. The molecule has 3 nitrogen and oxygen atoms in total. The number of non-ortho nitro benzene ring substituents is 1. The molecule has 31 heavy (non-hydrogen) atoms. The van der Waals surface area contributed by atoms with E-state index < -0.39 is 24.4 Å². The van der Waals surface area contributed by atoms with Crippen LogP contribution in [0.4, 0.5) is 5.69 Å². The summed E-state index contributed by atoms with van der Waals surface area (Å²) in [4.78, 5) is 10.5. The van der Waals surface area contributed by atoms with Gasteiger partial charge in [0.2, 0.25) is 0 Å². The Morgan fingerprint density at radius 1 is 0.645 bits per heavy atom. The average Bonchev–Trinajstić information content (AvgIpc) is 2.84. The van der Waals surface area contributed by atoms with Crippen molar-refractivity contribution in [2.24, 2.45) is 0 Å². The molecule has 157 valence electrons. The third-order valence-corrected chi connectivity index (χ3v) is 17.6. The van der Waals surface area contributed by atoms with Crippen LogP contribution in [0.2, 0.25) is 0 Å². The van der Waals surface area contributed by atoms with Crippen LogP contribution >= 0.6 is 5.15 Å². The third-order valence-electron chi connectivity index (χ3n) is 4.86.